The summed E-state index contributed by atoms with van der Waals surface area (Å²) in [5, 5.41) is 12.3. The molecule has 5 heteroatoms. The van der Waals surface area contributed by atoms with Crippen molar-refractivity contribution in [1.82, 2.24) is 4.90 Å². The average Bonchev–Trinajstić information content (AvgIpc) is 3.55. The highest BCUT2D eigenvalue weighted by atomic mass is 16.5. The van der Waals surface area contributed by atoms with E-state index in [0.717, 1.165) is 43.0 Å². The number of hydrogen-bond acceptors (Lipinski definition) is 5. The Morgan fingerprint density at radius 3 is 2.78 bits per heavy atom. The van der Waals surface area contributed by atoms with Crippen LogP contribution in [0.2, 0.25) is 0 Å². The second-order valence-electron chi connectivity index (χ2n) is 10.5. The Bertz CT molecular complexity index is 1100. The van der Waals surface area contributed by atoms with Crippen LogP contribution in [0.1, 0.15) is 48.8 Å². The number of piperidine rings is 1. The van der Waals surface area contributed by atoms with Gasteiger partial charge in [-0.1, -0.05) is 36.4 Å². The van der Waals surface area contributed by atoms with Gasteiger partial charge in [0.1, 0.15) is 6.61 Å². The molecule has 0 amide bonds. The molecule has 2 saturated carbocycles. The molecule has 4 atom stereocenters. The van der Waals surface area contributed by atoms with E-state index in [9.17, 15) is 9.90 Å². The molecule has 3 fully saturated rings. The third-order valence-corrected chi connectivity index (χ3v) is 8.78. The molecule has 32 heavy (non-hydrogen) atoms. The number of ketones is 1. The van der Waals surface area contributed by atoms with Crippen LogP contribution >= 0.6 is 0 Å². The molecule has 166 valence electrons. The molecule has 2 heterocycles. The molecule has 7 rings (SSSR count). The maximum absolute atomic E-state index is 13.1. The van der Waals surface area contributed by atoms with Gasteiger partial charge in [-0.3, -0.25) is 9.69 Å². The van der Waals surface area contributed by atoms with Gasteiger partial charge in [0.05, 0.1) is 11.0 Å². The van der Waals surface area contributed by atoms with Crippen molar-refractivity contribution < 1.29 is 19.4 Å². The number of Topliss-reactive ketones (excluding diaryl/α,β-unsaturated/α-hetero) is 1. The van der Waals surface area contributed by atoms with Gasteiger partial charge < -0.3 is 14.6 Å². The lowest BCUT2D eigenvalue weighted by Gasteiger charge is -2.62. The third-order valence-electron chi connectivity index (χ3n) is 8.78. The van der Waals surface area contributed by atoms with E-state index >= 15 is 0 Å². The van der Waals surface area contributed by atoms with Crippen LogP contribution in [-0.4, -0.2) is 46.6 Å². The van der Waals surface area contributed by atoms with E-state index in [1.165, 1.54) is 18.4 Å². The van der Waals surface area contributed by atoms with Gasteiger partial charge in [-0.2, -0.15) is 0 Å². The fourth-order valence-corrected chi connectivity index (χ4v) is 7.10. The van der Waals surface area contributed by atoms with E-state index in [2.05, 4.69) is 11.0 Å². The van der Waals surface area contributed by atoms with E-state index in [1.807, 2.05) is 36.4 Å². The number of rotatable bonds is 5. The molecule has 1 spiro atoms. The highest BCUT2D eigenvalue weighted by molar-refractivity contribution is 5.90. The number of nitrogens with zero attached hydrogens (tertiary/aromatic N) is 1. The third kappa shape index (κ3) is 2.44. The standard InChI is InChI=1S/C27H29NO4/c29-20-10-11-27(30)22-14-19-8-9-21(31-16-18-4-2-1-3-5-18)24-23(19)26(27,25(20)32-24)12-13-28(22)15-17-6-7-17/h1-5,8-9,17,22,25,30H,6-7,10-16H2/t22-,25+,26+,27-/m1/s1. The highest BCUT2D eigenvalue weighted by Gasteiger charge is 2.73. The summed E-state index contributed by atoms with van der Waals surface area (Å²) in [7, 11) is 0. The fraction of sp³-hybridized carbons (Fsp3) is 0.519. The topological polar surface area (TPSA) is 59.0 Å². The second kappa shape index (κ2) is 6.58. The van der Waals surface area contributed by atoms with E-state index in [-0.39, 0.29) is 11.8 Å². The maximum Gasteiger partial charge on any atom is 0.174 e. The Balaban J connectivity index is 1.32. The van der Waals surface area contributed by atoms with Crippen molar-refractivity contribution in [2.24, 2.45) is 5.92 Å². The zero-order chi connectivity index (χ0) is 21.5. The normalized spacial score (nSPS) is 34.7. The van der Waals surface area contributed by atoms with Crippen molar-refractivity contribution in [3.8, 4) is 11.5 Å². The van der Waals surface area contributed by atoms with Gasteiger partial charge in [0.15, 0.2) is 23.4 Å². The molecular formula is C27H29NO4. The van der Waals surface area contributed by atoms with Gasteiger partial charge in [-0.15, -0.1) is 0 Å². The van der Waals surface area contributed by atoms with Crippen molar-refractivity contribution in [1.29, 1.82) is 0 Å². The quantitative estimate of drug-likeness (QED) is 0.786. The van der Waals surface area contributed by atoms with E-state index < -0.39 is 17.1 Å². The van der Waals surface area contributed by atoms with Crippen LogP contribution in [0.5, 0.6) is 11.5 Å². The van der Waals surface area contributed by atoms with Crippen LogP contribution in [0.3, 0.4) is 0 Å². The van der Waals surface area contributed by atoms with Crippen LogP contribution in [0.4, 0.5) is 0 Å². The minimum Gasteiger partial charge on any atom is -0.485 e. The van der Waals surface area contributed by atoms with E-state index in [0.29, 0.717) is 30.9 Å². The highest BCUT2D eigenvalue weighted by Crippen LogP contribution is 2.65. The Labute approximate surface area is 188 Å². The molecule has 3 aliphatic carbocycles. The predicted molar refractivity (Wildman–Crippen MR) is 119 cm³/mol. The van der Waals surface area contributed by atoms with Crippen LogP contribution in [0.15, 0.2) is 42.5 Å². The van der Waals surface area contributed by atoms with Gasteiger partial charge in [0.2, 0.25) is 0 Å². The van der Waals surface area contributed by atoms with Crippen LogP contribution in [0.25, 0.3) is 0 Å². The molecule has 2 bridgehead atoms. The molecule has 0 aromatic heterocycles. The lowest BCUT2D eigenvalue weighted by molar-refractivity contribution is -0.188. The first-order chi connectivity index (χ1) is 15.6. The molecule has 5 aliphatic rings. The number of likely N-dealkylation sites (tertiary alicyclic amines) is 1. The van der Waals surface area contributed by atoms with E-state index in [4.69, 9.17) is 9.47 Å². The molecule has 2 aliphatic heterocycles. The summed E-state index contributed by atoms with van der Waals surface area (Å²) in [5.41, 5.74) is 1.81. The number of carbonyl (C=O) groups excluding carboxylic acids is 1. The average molecular weight is 432 g/mol. The van der Waals surface area contributed by atoms with Gasteiger partial charge in [-0.05, 0) is 61.8 Å². The Morgan fingerprint density at radius 1 is 1.12 bits per heavy atom. The minimum absolute atomic E-state index is 0.0607. The molecule has 1 N–H and O–H groups in total. The van der Waals surface area contributed by atoms with Gasteiger partial charge in [0, 0.05) is 24.6 Å². The largest absolute Gasteiger partial charge is 0.485 e. The molecule has 2 aromatic rings. The minimum atomic E-state index is -0.922. The van der Waals surface area contributed by atoms with Crippen molar-refractivity contribution in [3.05, 3.63) is 59.2 Å². The number of ether oxygens (including phenoxy) is 2. The van der Waals surface area contributed by atoms with Crippen LogP contribution in [-0.2, 0) is 23.2 Å². The molecule has 0 radical (unpaired) electrons. The maximum atomic E-state index is 13.1. The second-order valence-corrected chi connectivity index (χ2v) is 10.5. The van der Waals surface area contributed by atoms with Crippen molar-refractivity contribution >= 4 is 5.78 Å². The zero-order valence-electron chi connectivity index (χ0n) is 18.3. The van der Waals surface area contributed by atoms with Crippen molar-refractivity contribution in [3.63, 3.8) is 0 Å². The zero-order valence-corrected chi connectivity index (χ0v) is 18.3. The molecule has 2 aromatic carbocycles. The summed E-state index contributed by atoms with van der Waals surface area (Å²) < 4.78 is 12.7. The first-order valence-corrected chi connectivity index (χ1v) is 12.1. The number of hydrogen-bond donors (Lipinski definition) is 1. The molecular weight excluding hydrogens is 402 g/mol. The Hall–Kier alpha value is -2.37. The molecule has 0 unspecified atom stereocenters. The molecule has 5 nitrogen and oxygen atoms in total. The smallest absolute Gasteiger partial charge is 0.174 e. The number of aliphatic hydroxyl groups is 1. The summed E-state index contributed by atoms with van der Waals surface area (Å²) in [5.74, 6) is 2.29. The SMILES string of the molecule is O=C1CC[C@@]2(O)[C@H]3Cc4ccc(OCc5ccccc5)c5c4[C@@]2(CCN3CC2CC2)[C@H]1O5. The van der Waals surface area contributed by atoms with Crippen molar-refractivity contribution in [2.45, 2.75) is 68.3 Å². The summed E-state index contributed by atoms with van der Waals surface area (Å²) >= 11 is 0. The lowest BCUT2D eigenvalue weighted by Crippen LogP contribution is -2.76. The predicted octanol–water partition coefficient (Wildman–Crippen LogP) is 3.40. The monoisotopic (exact) mass is 431 g/mol. The lowest BCUT2D eigenvalue weighted by atomic mass is 9.49. The van der Waals surface area contributed by atoms with Crippen LogP contribution < -0.4 is 9.47 Å². The van der Waals surface area contributed by atoms with Crippen molar-refractivity contribution in [2.75, 3.05) is 13.1 Å². The Kier molecular flexibility index (Phi) is 3.93. The van der Waals surface area contributed by atoms with Gasteiger partial charge in [-0.25, -0.2) is 0 Å². The summed E-state index contributed by atoms with van der Waals surface area (Å²) in [6.07, 6.45) is 4.52. The first kappa shape index (κ1) is 19.1. The summed E-state index contributed by atoms with van der Waals surface area (Å²) in [4.78, 5) is 15.7. The van der Waals surface area contributed by atoms with Gasteiger partial charge in [0.25, 0.3) is 0 Å². The van der Waals surface area contributed by atoms with Gasteiger partial charge >= 0.3 is 0 Å². The summed E-state index contributed by atoms with van der Waals surface area (Å²) in [6, 6.07) is 14.3. The Morgan fingerprint density at radius 2 is 1.97 bits per heavy atom. The number of carbonyl (C=O) groups is 1. The fourth-order valence-electron chi connectivity index (χ4n) is 7.10. The van der Waals surface area contributed by atoms with Crippen LogP contribution in [0, 0.1) is 5.92 Å². The summed E-state index contributed by atoms with van der Waals surface area (Å²) in [6.45, 7) is 2.44. The molecule has 1 saturated heterocycles. The first-order valence-electron chi connectivity index (χ1n) is 12.1. The van der Waals surface area contributed by atoms with E-state index in [1.54, 1.807) is 0 Å². The number of benzene rings is 2.